The fourth-order valence-electron chi connectivity index (χ4n) is 1.77. The van der Waals surface area contributed by atoms with E-state index in [-0.39, 0.29) is 13.9 Å². The maximum atomic E-state index is 2.36. The summed E-state index contributed by atoms with van der Waals surface area (Å²) < 4.78 is 3.41. The first kappa shape index (κ1) is 11.0. The van der Waals surface area contributed by atoms with Gasteiger partial charge in [-0.05, 0) is 0 Å². The van der Waals surface area contributed by atoms with Crippen molar-refractivity contribution < 1.29 is 13.9 Å². The van der Waals surface area contributed by atoms with E-state index in [1.165, 1.54) is 31.0 Å². The van der Waals surface area contributed by atoms with Crippen LogP contribution in [-0.2, 0) is 13.9 Å². The summed E-state index contributed by atoms with van der Waals surface area (Å²) in [5.74, 6) is 0. The van der Waals surface area contributed by atoms with Gasteiger partial charge < -0.3 is 0 Å². The van der Waals surface area contributed by atoms with Gasteiger partial charge >= 0.3 is 97.2 Å². The van der Waals surface area contributed by atoms with Crippen molar-refractivity contribution in [2.75, 3.05) is 0 Å². The molecule has 15 heavy (non-hydrogen) atoms. The fraction of sp³-hybridized carbons (Fsp3) is 0.429. The van der Waals surface area contributed by atoms with E-state index in [1.807, 2.05) is 0 Å². The normalized spacial score (nSPS) is 19.4. The molecule has 0 saturated heterocycles. The molecule has 2 aliphatic carbocycles. The van der Waals surface area contributed by atoms with Crippen molar-refractivity contribution in [1.29, 1.82) is 0 Å². The van der Waals surface area contributed by atoms with E-state index in [0.29, 0.717) is 0 Å². The van der Waals surface area contributed by atoms with Crippen molar-refractivity contribution in [3.63, 3.8) is 0 Å². The molecule has 0 unspecified atom stereocenters. The zero-order valence-corrected chi connectivity index (χ0v) is 10.5. The first-order chi connectivity index (χ1) is 7.42. The van der Waals surface area contributed by atoms with Gasteiger partial charge in [-0.1, -0.05) is 0 Å². The van der Waals surface area contributed by atoms with Gasteiger partial charge in [-0.15, -0.1) is 0 Å². The Morgan fingerprint density at radius 1 is 1.07 bits per heavy atom. The molecule has 0 fully saturated rings. The Hall–Kier alpha value is -0.521. The number of hydrogen-bond acceptors (Lipinski definition) is 0. The molecule has 0 atom stereocenters. The van der Waals surface area contributed by atoms with E-state index >= 15 is 0 Å². The first-order valence-corrected chi connectivity index (χ1v) is 7.63. The van der Waals surface area contributed by atoms with Gasteiger partial charge in [-0.25, -0.2) is 0 Å². The van der Waals surface area contributed by atoms with Crippen molar-refractivity contribution in [1.82, 2.24) is 0 Å². The number of allylic oxidation sites excluding steroid dienone is 8. The molecule has 2 rings (SSSR count). The molecule has 0 N–H and O–H groups in total. The Labute approximate surface area is 97.3 Å². The van der Waals surface area contributed by atoms with Crippen molar-refractivity contribution >= 4 is 0 Å². The standard InChI is InChI=1S/2C5H5.C4H9.Fe/c2*1-2-4-5-3-1;1-3-4-2;/h2*1-3H,4H2;1,3-4H2,2H3;. The molecule has 0 radical (unpaired) electrons. The van der Waals surface area contributed by atoms with E-state index in [4.69, 9.17) is 0 Å². The van der Waals surface area contributed by atoms with Crippen molar-refractivity contribution in [2.45, 2.75) is 37.9 Å². The summed E-state index contributed by atoms with van der Waals surface area (Å²) in [6.45, 7) is 2.29. The quantitative estimate of drug-likeness (QED) is 0.623. The zero-order chi connectivity index (χ0) is 10.5. The monoisotopic (exact) mass is 243 g/mol. The molecule has 0 aliphatic heterocycles. The van der Waals surface area contributed by atoms with E-state index in [2.05, 4.69) is 43.4 Å². The molecule has 0 heterocycles. The molecule has 0 spiro atoms. The van der Waals surface area contributed by atoms with Gasteiger partial charge in [0.15, 0.2) is 0 Å². The van der Waals surface area contributed by atoms with Gasteiger partial charge in [0.25, 0.3) is 0 Å². The minimum absolute atomic E-state index is 0.168. The van der Waals surface area contributed by atoms with E-state index in [1.54, 1.807) is 8.94 Å². The molecule has 2 aliphatic rings. The van der Waals surface area contributed by atoms with Gasteiger partial charge in [0.2, 0.25) is 0 Å². The molecule has 0 bridgehead atoms. The second-order valence-corrected chi connectivity index (χ2v) is 6.86. The zero-order valence-electron chi connectivity index (χ0n) is 9.35. The molecule has 1 heteroatoms. The molecule has 0 saturated carbocycles. The number of rotatable bonds is 5. The average molecular weight is 243 g/mol. The van der Waals surface area contributed by atoms with Crippen molar-refractivity contribution in [2.24, 2.45) is 0 Å². The Balaban J connectivity index is 2.02. The predicted molar refractivity (Wildman–Crippen MR) is 63.4 cm³/mol. The Bertz CT molecular complexity index is 301. The summed E-state index contributed by atoms with van der Waals surface area (Å²) in [4.78, 5) is 0. The molecule has 0 nitrogen and oxygen atoms in total. The third-order valence-corrected chi connectivity index (χ3v) is 6.11. The molecule has 0 aromatic rings. The van der Waals surface area contributed by atoms with Crippen LogP contribution in [-0.4, -0.2) is 0 Å². The second-order valence-electron chi connectivity index (χ2n) is 3.83. The fourth-order valence-corrected chi connectivity index (χ4v) is 5.18. The molecule has 0 aromatic carbocycles. The SMILES string of the molecule is CCC[CH2][Fe]([C]1=CC=CC1)[C]1=CC=CC1. The number of unbranched alkanes of at least 4 members (excludes halogenated alkanes) is 1. The average Bonchev–Trinajstić information content (AvgIpc) is 2.90. The third kappa shape index (κ3) is 2.74. The Morgan fingerprint density at radius 2 is 1.67 bits per heavy atom. The van der Waals surface area contributed by atoms with Crippen LogP contribution in [0.1, 0.15) is 32.6 Å². The summed E-state index contributed by atoms with van der Waals surface area (Å²) in [6, 6.07) is 0. The molecular weight excluding hydrogens is 224 g/mol. The van der Waals surface area contributed by atoms with Crippen LogP contribution in [0.4, 0.5) is 0 Å². The Kier molecular flexibility index (Phi) is 4.05. The van der Waals surface area contributed by atoms with Crippen LogP contribution in [0.5, 0.6) is 0 Å². The molecular formula is C14H19Fe. The van der Waals surface area contributed by atoms with Crippen LogP contribution in [0.3, 0.4) is 0 Å². The summed E-state index contributed by atoms with van der Waals surface area (Å²) in [5, 5.41) is 1.41. The van der Waals surface area contributed by atoms with Gasteiger partial charge in [0.1, 0.15) is 0 Å². The van der Waals surface area contributed by atoms with Gasteiger partial charge in [-0.3, -0.25) is 0 Å². The van der Waals surface area contributed by atoms with E-state index in [0.717, 1.165) is 0 Å². The molecule has 83 valence electrons. The van der Waals surface area contributed by atoms with Gasteiger partial charge in [0, 0.05) is 0 Å². The van der Waals surface area contributed by atoms with Gasteiger partial charge in [-0.2, -0.15) is 0 Å². The summed E-state index contributed by atoms with van der Waals surface area (Å²) in [5.41, 5.74) is 0. The van der Waals surface area contributed by atoms with Crippen molar-refractivity contribution in [3.05, 3.63) is 45.4 Å². The number of hydrogen-bond donors (Lipinski definition) is 0. The molecule has 0 aromatic heterocycles. The van der Waals surface area contributed by atoms with Crippen LogP contribution in [0.15, 0.2) is 45.4 Å². The minimum atomic E-state index is -0.168. The second kappa shape index (κ2) is 5.53. The van der Waals surface area contributed by atoms with Crippen molar-refractivity contribution in [3.8, 4) is 0 Å². The van der Waals surface area contributed by atoms with Crippen LogP contribution in [0.2, 0.25) is 5.32 Å². The molecule has 0 amide bonds. The van der Waals surface area contributed by atoms with Gasteiger partial charge in [0.05, 0.1) is 0 Å². The summed E-state index contributed by atoms with van der Waals surface area (Å²) >= 11 is -0.168. The Morgan fingerprint density at radius 3 is 2.07 bits per heavy atom. The summed E-state index contributed by atoms with van der Waals surface area (Å²) in [7, 11) is 0. The van der Waals surface area contributed by atoms with Crippen LogP contribution in [0, 0.1) is 0 Å². The topological polar surface area (TPSA) is 0 Å². The van der Waals surface area contributed by atoms with Crippen LogP contribution < -0.4 is 0 Å². The van der Waals surface area contributed by atoms with E-state index < -0.39 is 0 Å². The van der Waals surface area contributed by atoms with Crippen LogP contribution in [0.25, 0.3) is 0 Å². The maximum absolute atomic E-state index is 2.36. The van der Waals surface area contributed by atoms with Crippen LogP contribution >= 0.6 is 0 Å². The predicted octanol–water partition coefficient (Wildman–Crippen LogP) is 4.51. The third-order valence-electron chi connectivity index (χ3n) is 2.64. The summed E-state index contributed by atoms with van der Waals surface area (Å²) in [6.07, 6.45) is 18.9. The first-order valence-electron chi connectivity index (χ1n) is 5.74. The van der Waals surface area contributed by atoms with E-state index in [9.17, 15) is 0 Å².